The molecule has 2 heterocycles. The first-order valence-corrected chi connectivity index (χ1v) is 10.4. The second-order valence-corrected chi connectivity index (χ2v) is 7.99. The summed E-state index contributed by atoms with van der Waals surface area (Å²) in [5.74, 6) is 1.29. The number of carbonyl (C=O) groups excluding carboxylic acids is 1. The molecule has 5 heteroatoms. The number of anilines is 1. The van der Waals surface area contributed by atoms with E-state index in [1.165, 1.54) is 36.8 Å². The summed E-state index contributed by atoms with van der Waals surface area (Å²) in [6, 6.07) is 6.29. The number of piperidine rings is 1. The van der Waals surface area contributed by atoms with Gasteiger partial charge in [0.05, 0.1) is 11.0 Å². The first kappa shape index (κ1) is 18.1. The van der Waals surface area contributed by atoms with Gasteiger partial charge in [-0.1, -0.05) is 17.7 Å². The summed E-state index contributed by atoms with van der Waals surface area (Å²) in [5, 5.41) is 3.16. The number of nitrogens with one attached hydrogen (secondary N) is 2. The van der Waals surface area contributed by atoms with Gasteiger partial charge in [0.2, 0.25) is 11.9 Å². The van der Waals surface area contributed by atoms with Crippen LogP contribution < -0.4 is 10.2 Å². The third-order valence-corrected chi connectivity index (χ3v) is 5.92. The number of nitrogens with zero attached hydrogens (tertiary/aromatic N) is 2. The van der Waals surface area contributed by atoms with Gasteiger partial charge in [-0.05, 0) is 69.6 Å². The maximum Gasteiger partial charge on any atom is 0.223 e. The van der Waals surface area contributed by atoms with Gasteiger partial charge in [-0.3, -0.25) is 4.79 Å². The fourth-order valence-corrected chi connectivity index (χ4v) is 4.24. The highest BCUT2D eigenvalue weighted by molar-refractivity contribution is 5.80. The third kappa shape index (κ3) is 4.34. The lowest BCUT2D eigenvalue weighted by molar-refractivity contribution is -0.125. The van der Waals surface area contributed by atoms with Gasteiger partial charge in [0.1, 0.15) is 0 Å². The second kappa shape index (κ2) is 8.15. The summed E-state index contributed by atoms with van der Waals surface area (Å²) in [6.07, 6.45) is 10.2. The molecule has 2 N–H and O–H groups in total. The molecule has 1 amide bonds. The van der Waals surface area contributed by atoms with Crippen LogP contribution >= 0.6 is 0 Å². The minimum absolute atomic E-state index is 0.133. The molecule has 1 saturated heterocycles. The molecule has 1 fully saturated rings. The van der Waals surface area contributed by atoms with Crippen molar-refractivity contribution in [2.24, 2.45) is 5.92 Å². The highest BCUT2D eigenvalue weighted by Gasteiger charge is 2.26. The van der Waals surface area contributed by atoms with Crippen molar-refractivity contribution in [3.8, 4) is 0 Å². The van der Waals surface area contributed by atoms with Crippen LogP contribution in [-0.2, 0) is 4.79 Å². The van der Waals surface area contributed by atoms with Crippen LogP contribution in [-0.4, -0.2) is 35.5 Å². The lowest BCUT2D eigenvalue weighted by Gasteiger charge is -2.31. The maximum atomic E-state index is 12.5. The van der Waals surface area contributed by atoms with E-state index in [1.54, 1.807) is 0 Å². The summed E-state index contributed by atoms with van der Waals surface area (Å²) in [5.41, 5.74) is 4.85. The highest BCUT2D eigenvalue weighted by Crippen LogP contribution is 2.24. The van der Waals surface area contributed by atoms with Gasteiger partial charge in [0.25, 0.3) is 0 Å². The lowest BCUT2D eigenvalue weighted by atomic mass is 9.95. The molecule has 1 aliphatic heterocycles. The molecule has 1 aromatic heterocycles. The second-order valence-electron chi connectivity index (χ2n) is 7.99. The number of aryl methyl sites for hydroxylation is 1. The minimum Gasteiger partial charge on any atom is -0.356 e. The number of rotatable bonds is 5. The van der Waals surface area contributed by atoms with Crippen LogP contribution in [0.4, 0.5) is 5.95 Å². The van der Waals surface area contributed by atoms with Crippen molar-refractivity contribution in [3.05, 3.63) is 35.4 Å². The summed E-state index contributed by atoms with van der Waals surface area (Å²) < 4.78 is 0. The van der Waals surface area contributed by atoms with Crippen molar-refractivity contribution < 1.29 is 4.79 Å². The van der Waals surface area contributed by atoms with E-state index in [2.05, 4.69) is 46.4 Å². The quantitative estimate of drug-likeness (QED) is 0.784. The van der Waals surface area contributed by atoms with E-state index in [9.17, 15) is 4.79 Å². The first-order valence-electron chi connectivity index (χ1n) is 10.4. The van der Waals surface area contributed by atoms with Crippen molar-refractivity contribution in [1.82, 2.24) is 15.3 Å². The van der Waals surface area contributed by atoms with Gasteiger partial charge in [-0.15, -0.1) is 0 Å². The fraction of sp³-hybridized carbons (Fsp3) is 0.545. The molecule has 5 nitrogen and oxygen atoms in total. The molecule has 4 rings (SSSR count). The van der Waals surface area contributed by atoms with E-state index in [0.717, 1.165) is 55.9 Å². The average Bonchev–Trinajstić information content (AvgIpc) is 3.12. The van der Waals surface area contributed by atoms with Crippen molar-refractivity contribution in [2.45, 2.75) is 51.9 Å². The highest BCUT2D eigenvalue weighted by atomic mass is 16.1. The number of aromatic amines is 1. The number of imidazole rings is 1. The molecule has 0 spiro atoms. The number of carbonyl (C=O) groups is 1. The molecular weight excluding hydrogens is 336 g/mol. The number of H-pyrrole nitrogens is 1. The summed E-state index contributed by atoms with van der Waals surface area (Å²) in [4.78, 5) is 22.9. The number of aromatic nitrogens is 2. The van der Waals surface area contributed by atoms with Crippen molar-refractivity contribution in [3.63, 3.8) is 0 Å². The normalized spacial score (nSPS) is 18.6. The van der Waals surface area contributed by atoms with Gasteiger partial charge in [0, 0.05) is 25.6 Å². The SMILES string of the molecule is Cc1ccc2nc(N3CCC(C(=O)NCCC4=CCCCC4)CC3)[nH]c2c1. The lowest BCUT2D eigenvalue weighted by Crippen LogP contribution is -2.41. The molecular formula is C22H30N4O. The van der Waals surface area contributed by atoms with Gasteiger partial charge < -0.3 is 15.2 Å². The monoisotopic (exact) mass is 366 g/mol. The molecule has 2 aromatic rings. The van der Waals surface area contributed by atoms with E-state index in [-0.39, 0.29) is 11.8 Å². The van der Waals surface area contributed by atoms with E-state index in [0.29, 0.717) is 0 Å². The van der Waals surface area contributed by atoms with Crippen LogP contribution in [0.2, 0.25) is 0 Å². The Labute approximate surface area is 161 Å². The number of fused-ring (bicyclic) bond motifs is 1. The Balaban J connectivity index is 1.26. The maximum absolute atomic E-state index is 12.5. The van der Waals surface area contributed by atoms with Crippen LogP contribution in [0.5, 0.6) is 0 Å². The molecule has 27 heavy (non-hydrogen) atoms. The van der Waals surface area contributed by atoms with Gasteiger partial charge in [-0.25, -0.2) is 4.98 Å². The number of allylic oxidation sites excluding steroid dienone is 1. The Hall–Kier alpha value is -2.30. The number of hydrogen-bond acceptors (Lipinski definition) is 3. The van der Waals surface area contributed by atoms with Crippen molar-refractivity contribution in [1.29, 1.82) is 0 Å². The Morgan fingerprint density at radius 3 is 2.93 bits per heavy atom. The van der Waals surface area contributed by atoms with E-state index in [1.807, 2.05) is 0 Å². The molecule has 1 aliphatic carbocycles. The molecule has 144 valence electrons. The molecule has 0 bridgehead atoms. The van der Waals surface area contributed by atoms with Crippen molar-refractivity contribution in [2.75, 3.05) is 24.5 Å². The average molecular weight is 367 g/mol. The summed E-state index contributed by atoms with van der Waals surface area (Å²) >= 11 is 0. The van der Waals surface area contributed by atoms with E-state index < -0.39 is 0 Å². The standard InChI is InChI=1S/C22H30N4O/c1-16-7-8-19-20(15-16)25-22(24-19)26-13-10-18(11-14-26)21(27)23-12-9-17-5-3-2-4-6-17/h5,7-8,15,18H,2-4,6,9-14H2,1H3,(H,23,27)(H,24,25). The van der Waals surface area contributed by atoms with Gasteiger partial charge >= 0.3 is 0 Å². The first-order chi connectivity index (χ1) is 13.2. The van der Waals surface area contributed by atoms with Crippen LogP contribution in [0.1, 0.15) is 50.5 Å². The number of hydrogen-bond donors (Lipinski definition) is 2. The van der Waals surface area contributed by atoms with Crippen LogP contribution in [0.25, 0.3) is 11.0 Å². The third-order valence-electron chi connectivity index (χ3n) is 5.92. The largest absolute Gasteiger partial charge is 0.356 e. The topological polar surface area (TPSA) is 61.0 Å². The van der Waals surface area contributed by atoms with E-state index in [4.69, 9.17) is 4.98 Å². The summed E-state index contributed by atoms with van der Waals surface area (Å²) in [6.45, 7) is 4.63. The number of amides is 1. The molecule has 1 aromatic carbocycles. The minimum atomic E-state index is 0.133. The molecule has 0 saturated carbocycles. The molecule has 0 unspecified atom stereocenters. The zero-order chi connectivity index (χ0) is 18.6. The molecule has 0 atom stereocenters. The predicted molar refractivity (Wildman–Crippen MR) is 110 cm³/mol. The van der Waals surface area contributed by atoms with E-state index >= 15 is 0 Å². The smallest absolute Gasteiger partial charge is 0.223 e. The van der Waals surface area contributed by atoms with Gasteiger partial charge in [0.15, 0.2) is 0 Å². The summed E-state index contributed by atoms with van der Waals surface area (Å²) in [7, 11) is 0. The molecule has 2 aliphatic rings. The Morgan fingerprint density at radius 2 is 2.15 bits per heavy atom. The fourth-order valence-electron chi connectivity index (χ4n) is 4.24. The zero-order valence-electron chi connectivity index (χ0n) is 16.3. The predicted octanol–water partition coefficient (Wildman–Crippen LogP) is 4.09. The van der Waals surface area contributed by atoms with Crippen molar-refractivity contribution >= 4 is 22.9 Å². The van der Waals surface area contributed by atoms with Gasteiger partial charge in [-0.2, -0.15) is 0 Å². The zero-order valence-corrected chi connectivity index (χ0v) is 16.3. The number of benzene rings is 1. The Morgan fingerprint density at radius 1 is 1.30 bits per heavy atom. The Kier molecular flexibility index (Phi) is 5.46. The Bertz CT molecular complexity index is 830. The molecule has 0 radical (unpaired) electrons. The van der Waals surface area contributed by atoms with Crippen LogP contribution in [0, 0.1) is 12.8 Å². The van der Waals surface area contributed by atoms with Crippen LogP contribution in [0.15, 0.2) is 29.8 Å². The van der Waals surface area contributed by atoms with Crippen LogP contribution in [0.3, 0.4) is 0 Å².